The molecular weight excluding hydrogens is 338 g/mol. The summed E-state index contributed by atoms with van der Waals surface area (Å²) < 4.78 is 26.2. The van der Waals surface area contributed by atoms with Crippen molar-refractivity contribution in [2.24, 2.45) is 4.99 Å². The third-order valence-electron chi connectivity index (χ3n) is 4.08. The second-order valence-corrected chi connectivity index (χ2v) is 5.80. The lowest BCUT2D eigenvalue weighted by atomic mass is 9.97. The van der Waals surface area contributed by atoms with Crippen LogP contribution in [0.5, 0.6) is 0 Å². The van der Waals surface area contributed by atoms with Gasteiger partial charge in [0.2, 0.25) is 5.91 Å². The molecular formula is C19H14F2N4O. The van der Waals surface area contributed by atoms with Gasteiger partial charge < -0.3 is 5.32 Å². The smallest absolute Gasteiger partial charge is 0.324 e. The van der Waals surface area contributed by atoms with Gasteiger partial charge in [0.25, 0.3) is 0 Å². The minimum atomic E-state index is -2.69. The molecule has 1 N–H and O–H groups in total. The number of nitrogens with zero attached hydrogens (tertiary/aromatic N) is 3. The van der Waals surface area contributed by atoms with Gasteiger partial charge >= 0.3 is 6.55 Å². The lowest BCUT2D eigenvalue weighted by Crippen LogP contribution is -2.13. The summed E-state index contributed by atoms with van der Waals surface area (Å²) in [6, 6.07) is 16.3. The van der Waals surface area contributed by atoms with Gasteiger partial charge in [-0.15, -0.1) is 0 Å². The summed E-state index contributed by atoms with van der Waals surface area (Å²) in [5.74, 6) is -0.202. The number of fused-ring (bicyclic) bond motifs is 1. The quantitative estimate of drug-likeness (QED) is 0.781. The van der Waals surface area contributed by atoms with Crippen LogP contribution in [0.25, 0.3) is 11.3 Å². The van der Waals surface area contributed by atoms with Crippen molar-refractivity contribution in [1.29, 1.82) is 0 Å². The molecule has 5 nitrogen and oxygen atoms in total. The summed E-state index contributed by atoms with van der Waals surface area (Å²) in [7, 11) is 0. The number of benzene rings is 2. The maximum absolute atomic E-state index is 12.8. The Labute approximate surface area is 148 Å². The molecule has 0 bridgehead atoms. The third kappa shape index (κ3) is 2.99. The van der Waals surface area contributed by atoms with Gasteiger partial charge in [0.1, 0.15) is 6.54 Å². The molecule has 0 saturated heterocycles. The molecule has 0 aliphatic carbocycles. The highest BCUT2D eigenvalue weighted by Gasteiger charge is 2.19. The number of alkyl halides is 2. The molecule has 2 heterocycles. The number of aromatic nitrogens is 2. The number of aliphatic imine (C=N–C) groups is 1. The molecule has 0 fully saturated rings. The fourth-order valence-electron chi connectivity index (χ4n) is 2.88. The van der Waals surface area contributed by atoms with E-state index in [9.17, 15) is 13.6 Å². The highest BCUT2D eigenvalue weighted by atomic mass is 19.3. The van der Waals surface area contributed by atoms with E-state index >= 15 is 0 Å². The molecule has 3 aromatic rings. The van der Waals surface area contributed by atoms with Crippen LogP contribution >= 0.6 is 0 Å². The number of hydrogen-bond donors (Lipinski definition) is 1. The molecule has 0 atom stereocenters. The molecule has 26 heavy (non-hydrogen) atoms. The van der Waals surface area contributed by atoms with Gasteiger partial charge in [-0.1, -0.05) is 36.4 Å². The van der Waals surface area contributed by atoms with E-state index in [0.29, 0.717) is 27.3 Å². The van der Waals surface area contributed by atoms with E-state index in [4.69, 9.17) is 0 Å². The summed E-state index contributed by atoms with van der Waals surface area (Å²) in [5.41, 5.74) is 4.01. The van der Waals surface area contributed by atoms with E-state index in [1.165, 1.54) is 12.3 Å². The van der Waals surface area contributed by atoms with Crippen molar-refractivity contribution in [3.8, 4) is 11.3 Å². The fraction of sp³-hybridized carbons (Fsp3) is 0.105. The maximum Gasteiger partial charge on any atom is 0.333 e. The van der Waals surface area contributed by atoms with Gasteiger partial charge in [0, 0.05) is 22.9 Å². The molecule has 1 aliphatic heterocycles. The van der Waals surface area contributed by atoms with Crippen LogP contribution in [0.4, 0.5) is 14.5 Å². The Morgan fingerprint density at radius 3 is 2.58 bits per heavy atom. The molecule has 0 unspecified atom stereocenters. The second kappa shape index (κ2) is 6.51. The van der Waals surface area contributed by atoms with Gasteiger partial charge in [-0.05, 0) is 18.2 Å². The van der Waals surface area contributed by atoms with Crippen molar-refractivity contribution in [2.75, 3.05) is 11.9 Å². The van der Waals surface area contributed by atoms with Crippen molar-refractivity contribution in [1.82, 2.24) is 9.78 Å². The number of halogens is 2. The van der Waals surface area contributed by atoms with Gasteiger partial charge in [0.05, 0.1) is 17.1 Å². The van der Waals surface area contributed by atoms with Gasteiger partial charge in [-0.25, -0.2) is 4.68 Å². The van der Waals surface area contributed by atoms with Crippen LogP contribution in [0.2, 0.25) is 0 Å². The zero-order chi connectivity index (χ0) is 18.1. The minimum absolute atomic E-state index is 0.0221. The summed E-state index contributed by atoms with van der Waals surface area (Å²) in [5, 5.41) is 6.73. The maximum atomic E-state index is 12.8. The average molecular weight is 352 g/mol. The van der Waals surface area contributed by atoms with Crippen molar-refractivity contribution in [3.05, 3.63) is 71.9 Å². The van der Waals surface area contributed by atoms with Gasteiger partial charge in [-0.3, -0.25) is 9.79 Å². The molecule has 4 rings (SSSR count). The van der Waals surface area contributed by atoms with E-state index in [0.717, 1.165) is 11.1 Å². The second-order valence-electron chi connectivity index (χ2n) is 5.80. The Kier molecular flexibility index (Phi) is 4.04. The zero-order valence-electron chi connectivity index (χ0n) is 13.6. The summed E-state index contributed by atoms with van der Waals surface area (Å²) in [6.45, 7) is -2.67. The third-order valence-corrected chi connectivity index (χ3v) is 4.08. The molecule has 7 heteroatoms. The normalized spacial score (nSPS) is 13.8. The highest BCUT2D eigenvalue weighted by molar-refractivity contribution is 6.19. The van der Waals surface area contributed by atoms with Crippen molar-refractivity contribution in [3.63, 3.8) is 0 Å². The first-order valence-electron chi connectivity index (χ1n) is 7.99. The van der Waals surface area contributed by atoms with Crippen LogP contribution < -0.4 is 5.32 Å². The lowest BCUT2D eigenvalue weighted by molar-refractivity contribution is -0.114. The van der Waals surface area contributed by atoms with Crippen LogP contribution in [0.3, 0.4) is 0 Å². The average Bonchev–Trinajstić information content (AvgIpc) is 3.08. The van der Waals surface area contributed by atoms with Crippen LogP contribution in [0, 0.1) is 0 Å². The molecule has 0 saturated carbocycles. The number of carbonyl (C=O) groups excluding carboxylic acids is 1. The number of nitrogens with one attached hydrogen (secondary N) is 1. The van der Waals surface area contributed by atoms with Crippen LogP contribution in [-0.4, -0.2) is 27.9 Å². The molecule has 1 aromatic heterocycles. The Balaban J connectivity index is 1.83. The zero-order valence-corrected chi connectivity index (χ0v) is 13.6. The number of anilines is 1. The number of rotatable bonds is 3. The molecule has 0 radical (unpaired) electrons. The molecule has 2 aromatic carbocycles. The fourth-order valence-corrected chi connectivity index (χ4v) is 2.88. The Bertz CT molecular complexity index is 996. The topological polar surface area (TPSA) is 59.3 Å². The minimum Gasteiger partial charge on any atom is -0.324 e. The summed E-state index contributed by atoms with van der Waals surface area (Å²) in [6.07, 6.45) is 1.24. The van der Waals surface area contributed by atoms with Crippen molar-refractivity contribution < 1.29 is 13.6 Å². The number of amides is 1. The van der Waals surface area contributed by atoms with Crippen molar-refractivity contribution >= 4 is 17.3 Å². The van der Waals surface area contributed by atoms with Crippen LogP contribution in [0.1, 0.15) is 17.7 Å². The van der Waals surface area contributed by atoms with Gasteiger partial charge in [-0.2, -0.15) is 13.9 Å². The predicted octanol–water partition coefficient (Wildman–Crippen LogP) is 3.73. The number of benzodiazepines with no additional fused rings is 1. The molecule has 1 aliphatic rings. The highest BCUT2D eigenvalue weighted by Crippen LogP contribution is 2.28. The standard InChI is InChI=1S/C19H14F2N4O/c20-19(21)25-9-8-15(24-25)13-6-7-16-14(10-13)18(22-11-17(26)23-16)12-4-2-1-3-5-12/h1-10,19H,11H2,(H,23,26). The lowest BCUT2D eigenvalue weighted by Gasteiger charge is -2.11. The Morgan fingerprint density at radius 2 is 1.85 bits per heavy atom. The first kappa shape index (κ1) is 16.1. The van der Waals surface area contributed by atoms with E-state index < -0.39 is 6.55 Å². The molecule has 1 amide bonds. The first-order valence-corrected chi connectivity index (χ1v) is 7.99. The number of hydrogen-bond acceptors (Lipinski definition) is 3. The predicted molar refractivity (Wildman–Crippen MR) is 94.5 cm³/mol. The van der Waals surface area contributed by atoms with E-state index in [2.05, 4.69) is 15.4 Å². The van der Waals surface area contributed by atoms with E-state index in [-0.39, 0.29) is 12.5 Å². The first-order chi connectivity index (χ1) is 12.6. The summed E-state index contributed by atoms with van der Waals surface area (Å²) in [4.78, 5) is 16.4. The Hall–Kier alpha value is -3.35. The number of carbonyl (C=O) groups is 1. The van der Waals surface area contributed by atoms with Crippen LogP contribution in [0.15, 0.2) is 65.8 Å². The SMILES string of the molecule is O=C1CN=C(c2ccccc2)c2cc(-c3ccn(C(F)F)n3)ccc2N1. The monoisotopic (exact) mass is 352 g/mol. The molecule has 0 spiro atoms. The van der Waals surface area contributed by atoms with Crippen LogP contribution in [-0.2, 0) is 4.79 Å². The van der Waals surface area contributed by atoms with Crippen molar-refractivity contribution in [2.45, 2.75) is 6.55 Å². The summed E-state index contributed by atoms with van der Waals surface area (Å²) >= 11 is 0. The van der Waals surface area contributed by atoms with E-state index in [1.54, 1.807) is 12.1 Å². The van der Waals surface area contributed by atoms with E-state index in [1.807, 2.05) is 36.4 Å². The van der Waals surface area contributed by atoms with Gasteiger partial charge in [0.15, 0.2) is 0 Å². The molecule has 130 valence electrons. The largest absolute Gasteiger partial charge is 0.333 e. The Morgan fingerprint density at radius 1 is 1.04 bits per heavy atom.